The molecule has 1 aromatic rings. The van der Waals surface area contributed by atoms with E-state index in [0.29, 0.717) is 0 Å². The van der Waals surface area contributed by atoms with Crippen molar-refractivity contribution in [1.29, 1.82) is 0 Å². The first-order chi connectivity index (χ1) is 5.02. The van der Waals surface area contributed by atoms with Crippen LogP contribution in [0.5, 0.6) is 0 Å². The van der Waals surface area contributed by atoms with Crippen molar-refractivity contribution in [2.75, 3.05) is 0 Å². The first kappa shape index (κ1) is 8.71. The molecule has 1 aromatic heterocycles. The van der Waals surface area contributed by atoms with E-state index in [-0.39, 0.29) is 0 Å². The van der Waals surface area contributed by atoms with Crippen molar-refractivity contribution in [3.05, 3.63) is 22.4 Å². The smallest absolute Gasteiger partial charge is 0.108 e. The first-order valence-corrected chi connectivity index (χ1v) is 4.38. The lowest BCUT2D eigenvalue weighted by Gasteiger charge is -2.23. The molecule has 1 rings (SSSR count). The fourth-order valence-corrected chi connectivity index (χ4v) is 1.52. The SMILES string of the molecule is CC(C)(O)C(O)c1ccsc1. The summed E-state index contributed by atoms with van der Waals surface area (Å²) in [5, 5.41) is 22.6. The zero-order valence-electron chi connectivity index (χ0n) is 6.61. The highest BCUT2D eigenvalue weighted by Crippen LogP contribution is 2.26. The Morgan fingerprint density at radius 3 is 2.55 bits per heavy atom. The summed E-state index contributed by atoms with van der Waals surface area (Å²) in [4.78, 5) is 0. The van der Waals surface area contributed by atoms with Gasteiger partial charge in [0.25, 0.3) is 0 Å². The Bertz CT molecular complexity index is 210. The molecule has 0 fully saturated rings. The minimum Gasteiger partial charge on any atom is -0.387 e. The van der Waals surface area contributed by atoms with Crippen molar-refractivity contribution in [2.45, 2.75) is 25.6 Å². The molecular formula is C8H12O2S. The van der Waals surface area contributed by atoms with Crippen LogP contribution in [-0.2, 0) is 0 Å². The number of aliphatic hydroxyl groups is 2. The number of aliphatic hydroxyl groups excluding tert-OH is 1. The van der Waals surface area contributed by atoms with E-state index in [9.17, 15) is 10.2 Å². The summed E-state index contributed by atoms with van der Waals surface area (Å²) >= 11 is 1.51. The van der Waals surface area contributed by atoms with Crippen LogP contribution in [0.25, 0.3) is 0 Å². The predicted octanol–water partition coefficient (Wildman–Crippen LogP) is 1.55. The second-order valence-electron chi connectivity index (χ2n) is 3.11. The fourth-order valence-electron chi connectivity index (χ4n) is 0.838. The minimum absolute atomic E-state index is 0.780. The standard InChI is InChI=1S/C8H12O2S/c1-8(2,10)7(9)6-3-4-11-5-6/h3-5,7,9-10H,1-2H3. The van der Waals surface area contributed by atoms with Gasteiger partial charge in [-0.2, -0.15) is 11.3 Å². The Morgan fingerprint density at radius 2 is 2.18 bits per heavy atom. The maximum Gasteiger partial charge on any atom is 0.108 e. The molecular weight excluding hydrogens is 160 g/mol. The summed E-state index contributed by atoms with van der Waals surface area (Å²) in [5.74, 6) is 0. The van der Waals surface area contributed by atoms with Crippen LogP contribution in [0.2, 0.25) is 0 Å². The van der Waals surface area contributed by atoms with Gasteiger partial charge >= 0.3 is 0 Å². The molecule has 0 saturated carbocycles. The fraction of sp³-hybridized carbons (Fsp3) is 0.500. The maximum atomic E-state index is 9.50. The van der Waals surface area contributed by atoms with Crippen molar-refractivity contribution >= 4 is 11.3 Å². The van der Waals surface area contributed by atoms with E-state index in [1.807, 2.05) is 16.8 Å². The number of thiophene rings is 1. The van der Waals surface area contributed by atoms with Gasteiger partial charge in [0.15, 0.2) is 0 Å². The molecule has 0 spiro atoms. The van der Waals surface area contributed by atoms with Crippen molar-refractivity contribution in [3.63, 3.8) is 0 Å². The highest BCUT2D eigenvalue weighted by molar-refractivity contribution is 7.07. The normalized spacial score (nSPS) is 14.9. The minimum atomic E-state index is -1.05. The average Bonchev–Trinajstić information content (AvgIpc) is 2.34. The van der Waals surface area contributed by atoms with E-state index >= 15 is 0 Å². The molecule has 0 amide bonds. The van der Waals surface area contributed by atoms with Crippen LogP contribution in [0.1, 0.15) is 25.5 Å². The second-order valence-corrected chi connectivity index (χ2v) is 3.89. The molecule has 0 aromatic carbocycles. The zero-order chi connectivity index (χ0) is 8.48. The summed E-state index contributed by atoms with van der Waals surface area (Å²) < 4.78 is 0. The largest absolute Gasteiger partial charge is 0.387 e. The summed E-state index contributed by atoms with van der Waals surface area (Å²) in [5.41, 5.74) is -0.274. The van der Waals surface area contributed by atoms with Gasteiger partial charge in [-0.25, -0.2) is 0 Å². The maximum absolute atomic E-state index is 9.50. The van der Waals surface area contributed by atoms with Crippen molar-refractivity contribution in [2.24, 2.45) is 0 Å². The zero-order valence-corrected chi connectivity index (χ0v) is 7.43. The van der Waals surface area contributed by atoms with Crippen LogP contribution in [0.3, 0.4) is 0 Å². The lowest BCUT2D eigenvalue weighted by Crippen LogP contribution is -2.28. The molecule has 11 heavy (non-hydrogen) atoms. The van der Waals surface area contributed by atoms with Crippen LogP contribution < -0.4 is 0 Å². The van der Waals surface area contributed by atoms with E-state index in [1.54, 1.807) is 13.8 Å². The third kappa shape index (κ3) is 2.02. The van der Waals surface area contributed by atoms with Gasteiger partial charge in [0.2, 0.25) is 0 Å². The molecule has 0 bridgehead atoms. The molecule has 0 radical (unpaired) electrons. The third-order valence-corrected chi connectivity index (χ3v) is 2.23. The van der Waals surface area contributed by atoms with Crippen LogP contribution in [0.15, 0.2) is 16.8 Å². The summed E-state index contributed by atoms with van der Waals surface area (Å²) in [7, 11) is 0. The molecule has 2 N–H and O–H groups in total. The Balaban J connectivity index is 2.78. The summed E-state index contributed by atoms with van der Waals surface area (Å²) in [6.45, 7) is 3.19. The quantitative estimate of drug-likeness (QED) is 0.710. The van der Waals surface area contributed by atoms with Crippen molar-refractivity contribution < 1.29 is 10.2 Å². The molecule has 1 unspecified atom stereocenters. The number of hydrogen-bond acceptors (Lipinski definition) is 3. The van der Waals surface area contributed by atoms with Gasteiger partial charge in [-0.05, 0) is 36.2 Å². The van der Waals surface area contributed by atoms with Gasteiger partial charge in [0, 0.05) is 0 Å². The lowest BCUT2D eigenvalue weighted by molar-refractivity contribution is -0.0494. The van der Waals surface area contributed by atoms with E-state index in [0.717, 1.165) is 5.56 Å². The van der Waals surface area contributed by atoms with Gasteiger partial charge < -0.3 is 10.2 Å². The summed E-state index contributed by atoms with van der Waals surface area (Å²) in [6, 6.07) is 1.81. The molecule has 0 saturated heterocycles. The predicted molar refractivity (Wildman–Crippen MR) is 45.6 cm³/mol. The van der Waals surface area contributed by atoms with Gasteiger partial charge in [0.05, 0.1) is 5.60 Å². The van der Waals surface area contributed by atoms with Crippen molar-refractivity contribution in [1.82, 2.24) is 0 Å². The molecule has 1 heterocycles. The van der Waals surface area contributed by atoms with Crippen LogP contribution in [-0.4, -0.2) is 15.8 Å². The van der Waals surface area contributed by atoms with Gasteiger partial charge in [-0.3, -0.25) is 0 Å². The number of rotatable bonds is 2. The average molecular weight is 172 g/mol. The Hall–Kier alpha value is -0.380. The van der Waals surface area contributed by atoms with Gasteiger partial charge in [-0.15, -0.1) is 0 Å². The Labute approximate surface area is 70.1 Å². The van der Waals surface area contributed by atoms with Crippen molar-refractivity contribution in [3.8, 4) is 0 Å². The van der Waals surface area contributed by atoms with E-state index < -0.39 is 11.7 Å². The monoisotopic (exact) mass is 172 g/mol. The highest BCUT2D eigenvalue weighted by Gasteiger charge is 2.25. The molecule has 62 valence electrons. The molecule has 0 aliphatic carbocycles. The Kier molecular flexibility index (Phi) is 2.32. The number of hydrogen-bond donors (Lipinski definition) is 2. The van der Waals surface area contributed by atoms with E-state index in [4.69, 9.17) is 0 Å². The first-order valence-electron chi connectivity index (χ1n) is 3.44. The molecule has 1 atom stereocenters. The second kappa shape index (κ2) is 2.93. The summed E-state index contributed by atoms with van der Waals surface area (Å²) in [6.07, 6.45) is -0.784. The van der Waals surface area contributed by atoms with Crippen LogP contribution >= 0.6 is 11.3 Å². The third-order valence-electron chi connectivity index (χ3n) is 1.53. The molecule has 0 aliphatic rings. The molecule has 3 heteroatoms. The molecule has 0 aliphatic heterocycles. The van der Waals surface area contributed by atoms with Gasteiger partial charge in [0.1, 0.15) is 6.10 Å². The van der Waals surface area contributed by atoms with Crippen LogP contribution in [0, 0.1) is 0 Å². The molecule has 2 nitrogen and oxygen atoms in total. The van der Waals surface area contributed by atoms with E-state index in [2.05, 4.69) is 0 Å². The van der Waals surface area contributed by atoms with Crippen LogP contribution in [0.4, 0.5) is 0 Å². The van der Waals surface area contributed by atoms with Gasteiger partial charge in [-0.1, -0.05) is 0 Å². The lowest BCUT2D eigenvalue weighted by atomic mass is 9.97. The topological polar surface area (TPSA) is 40.5 Å². The highest BCUT2D eigenvalue weighted by atomic mass is 32.1. The van der Waals surface area contributed by atoms with E-state index in [1.165, 1.54) is 11.3 Å². The Morgan fingerprint density at radius 1 is 1.55 bits per heavy atom.